The van der Waals surface area contributed by atoms with E-state index in [2.05, 4.69) is 21.2 Å². The molecular weight excluding hydrogens is 377 g/mol. The van der Waals surface area contributed by atoms with Gasteiger partial charge in [0.2, 0.25) is 0 Å². The van der Waals surface area contributed by atoms with Crippen LogP contribution in [-0.2, 0) is 6.42 Å². The highest BCUT2D eigenvalue weighted by Gasteiger charge is 2.15. The quantitative estimate of drug-likeness (QED) is 0.771. The van der Waals surface area contributed by atoms with Gasteiger partial charge in [0.15, 0.2) is 11.5 Å². The minimum absolute atomic E-state index is 0.209. The van der Waals surface area contributed by atoms with Crippen molar-refractivity contribution in [3.05, 3.63) is 57.8 Å². The van der Waals surface area contributed by atoms with Gasteiger partial charge in [0, 0.05) is 12.1 Å². The first-order valence-electron chi connectivity index (χ1n) is 7.58. The molecule has 128 valence electrons. The van der Waals surface area contributed by atoms with Gasteiger partial charge in [-0.1, -0.05) is 12.1 Å². The summed E-state index contributed by atoms with van der Waals surface area (Å²) in [5.41, 5.74) is 1.43. The average Bonchev–Trinajstić information content (AvgIpc) is 2.58. The number of hydrogen-bond acceptors (Lipinski definition) is 3. The van der Waals surface area contributed by atoms with Gasteiger partial charge in [-0.15, -0.1) is 0 Å². The largest absolute Gasteiger partial charge is 0.493 e. The first-order valence-corrected chi connectivity index (χ1v) is 8.37. The zero-order valence-electron chi connectivity index (χ0n) is 13.6. The van der Waals surface area contributed by atoms with E-state index >= 15 is 0 Å². The highest BCUT2D eigenvalue weighted by Crippen LogP contribution is 2.36. The first-order chi connectivity index (χ1) is 11.5. The van der Waals surface area contributed by atoms with Crippen LogP contribution in [0.25, 0.3) is 0 Å². The number of halogens is 2. The molecule has 0 bridgehead atoms. The Balaban J connectivity index is 2.01. The molecule has 2 aromatic rings. The molecule has 4 nitrogen and oxygen atoms in total. The van der Waals surface area contributed by atoms with Crippen molar-refractivity contribution in [1.82, 2.24) is 5.32 Å². The van der Waals surface area contributed by atoms with Crippen molar-refractivity contribution in [3.8, 4) is 11.5 Å². The first kappa shape index (κ1) is 18.3. The fourth-order valence-electron chi connectivity index (χ4n) is 2.21. The molecule has 0 aliphatic heterocycles. The van der Waals surface area contributed by atoms with Crippen molar-refractivity contribution < 1.29 is 18.7 Å². The van der Waals surface area contributed by atoms with Crippen LogP contribution in [0.3, 0.4) is 0 Å². The number of rotatable bonds is 7. The fourth-order valence-corrected chi connectivity index (χ4v) is 2.77. The molecule has 0 unspecified atom stereocenters. The summed E-state index contributed by atoms with van der Waals surface area (Å²) in [7, 11) is 1.53. The molecule has 24 heavy (non-hydrogen) atoms. The second kappa shape index (κ2) is 8.68. The molecule has 1 amide bonds. The molecule has 6 heteroatoms. The van der Waals surface area contributed by atoms with E-state index < -0.39 is 0 Å². The summed E-state index contributed by atoms with van der Waals surface area (Å²) in [5, 5.41) is 2.84. The highest BCUT2D eigenvalue weighted by molar-refractivity contribution is 9.10. The standard InChI is InChI=1S/C18H19BrFNO3/c1-3-24-17-15(19)10-13(11-16(17)23-2)18(22)21-9-8-12-4-6-14(20)7-5-12/h4-7,10-11H,3,8-9H2,1-2H3,(H,21,22). The third kappa shape index (κ3) is 4.71. The normalized spacial score (nSPS) is 10.3. The molecule has 0 aromatic heterocycles. The SMILES string of the molecule is CCOc1c(Br)cc(C(=O)NCCc2ccc(F)cc2)cc1OC. The van der Waals surface area contributed by atoms with Crippen LogP contribution in [0.4, 0.5) is 4.39 Å². The number of carbonyl (C=O) groups excluding carboxylic acids is 1. The van der Waals surface area contributed by atoms with Crippen molar-refractivity contribution in [1.29, 1.82) is 0 Å². The second-order valence-electron chi connectivity index (χ2n) is 5.05. The Morgan fingerprint density at radius 2 is 1.96 bits per heavy atom. The van der Waals surface area contributed by atoms with Crippen LogP contribution < -0.4 is 14.8 Å². The van der Waals surface area contributed by atoms with E-state index in [9.17, 15) is 9.18 Å². The smallest absolute Gasteiger partial charge is 0.251 e. The van der Waals surface area contributed by atoms with Crippen LogP contribution in [0, 0.1) is 5.82 Å². The number of benzene rings is 2. The van der Waals surface area contributed by atoms with Gasteiger partial charge in [0.05, 0.1) is 18.2 Å². The van der Waals surface area contributed by atoms with E-state index in [0.717, 1.165) is 5.56 Å². The van der Waals surface area contributed by atoms with E-state index in [-0.39, 0.29) is 11.7 Å². The third-order valence-corrected chi connectivity index (χ3v) is 3.98. The summed E-state index contributed by atoms with van der Waals surface area (Å²) in [5.74, 6) is 0.589. The van der Waals surface area contributed by atoms with Crippen LogP contribution in [0.1, 0.15) is 22.8 Å². The van der Waals surface area contributed by atoms with Gasteiger partial charge in [-0.25, -0.2) is 4.39 Å². The lowest BCUT2D eigenvalue weighted by Gasteiger charge is -2.13. The second-order valence-corrected chi connectivity index (χ2v) is 5.91. The number of ether oxygens (including phenoxy) is 2. The Labute approximate surface area is 149 Å². The van der Waals surface area contributed by atoms with E-state index in [1.54, 1.807) is 24.3 Å². The van der Waals surface area contributed by atoms with E-state index in [0.29, 0.717) is 41.1 Å². The van der Waals surface area contributed by atoms with Gasteiger partial charge in [-0.05, 0) is 59.1 Å². The zero-order valence-corrected chi connectivity index (χ0v) is 15.2. The van der Waals surface area contributed by atoms with Gasteiger partial charge in [0.1, 0.15) is 5.82 Å². The Morgan fingerprint density at radius 3 is 2.58 bits per heavy atom. The minimum atomic E-state index is -0.269. The van der Waals surface area contributed by atoms with E-state index in [4.69, 9.17) is 9.47 Å². The molecular formula is C18H19BrFNO3. The number of hydrogen-bond donors (Lipinski definition) is 1. The molecule has 0 saturated heterocycles. The van der Waals surface area contributed by atoms with Crippen LogP contribution in [0.5, 0.6) is 11.5 Å². The summed E-state index contributed by atoms with van der Waals surface area (Å²) in [6.45, 7) is 2.83. The van der Waals surface area contributed by atoms with Crippen molar-refractivity contribution >= 4 is 21.8 Å². The average molecular weight is 396 g/mol. The maximum atomic E-state index is 12.9. The van der Waals surface area contributed by atoms with Gasteiger partial charge in [-0.2, -0.15) is 0 Å². The van der Waals surface area contributed by atoms with Crippen molar-refractivity contribution in [3.63, 3.8) is 0 Å². The lowest BCUT2D eigenvalue weighted by molar-refractivity contribution is 0.0953. The Bertz CT molecular complexity index is 704. The van der Waals surface area contributed by atoms with E-state index in [1.165, 1.54) is 19.2 Å². The van der Waals surface area contributed by atoms with Crippen LogP contribution in [0.2, 0.25) is 0 Å². The van der Waals surface area contributed by atoms with Crippen LogP contribution in [-0.4, -0.2) is 26.2 Å². The minimum Gasteiger partial charge on any atom is -0.493 e. The highest BCUT2D eigenvalue weighted by atomic mass is 79.9. The number of methoxy groups -OCH3 is 1. The van der Waals surface area contributed by atoms with Crippen LogP contribution in [0.15, 0.2) is 40.9 Å². The predicted octanol–water partition coefficient (Wildman–Crippen LogP) is 3.97. The van der Waals surface area contributed by atoms with Gasteiger partial charge in [0.25, 0.3) is 5.91 Å². The third-order valence-electron chi connectivity index (χ3n) is 3.39. The molecule has 0 atom stereocenters. The van der Waals surface area contributed by atoms with Crippen molar-refractivity contribution in [2.45, 2.75) is 13.3 Å². The fraction of sp³-hybridized carbons (Fsp3) is 0.278. The van der Waals surface area contributed by atoms with Crippen LogP contribution >= 0.6 is 15.9 Å². The predicted molar refractivity (Wildman–Crippen MR) is 94.3 cm³/mol. The zero-order chi connectivity index (χ0) is 17.5. The molecule has 0 heterocycles. The monoisotopic (exact) mass is 395 g/mol. The maximum Gasteiger partial charge on any atom is 0.251 e. The molecule has 1 N–H and O–H groups in total. The molecule has 0 saturated carbocycles. The number of amides is 1. The molecule has 0 fully saturated rings. The summed E-state index contributed by atoms with van der Waals surface area (Å²) in [6.07, 6.45) is 0.626. The maximum absolute atomic E-state index is 12.9. The molecule has 0 radical (unpaired) electrons. The summed E-state index contributed by atoms with van der Waals surface area (Å²) < 4.78 is 24.3. The number of nitrogens with one attached hydrogen (secondary N) is 1. The van der Waals surface area contributed by atoms with Gasteiger partial charge in [-0.3, -0.25) is 4.79 Å². The number of carbonyl (C=O) groups is 1. The molecule has 2 aromatic carbocycles. The summed E-state index contributed by atoms with van der Waals surface area (Å²) in [6, 6.07) is 9.57. The van der Waals surface area contributed by atoms with E-state index in [1.807, 2.05) is 6.92 Å². The Kier molecular flexibility index (Phi) is 6.61. The van der Waals surface area contributed by atoms with Gasteiger partial charge < -0.3 is 14.8 Å². The Hall–Kier alpha value is -2.08. The van der Waals surface area contributed by atoms with Crippen molar-refractivity contribution in [2.24, 2.45) is 0 Å². The molecule has 0 aliphatic rings. The lowest BCUT2D eigenvalue weighted by atomic mass is 10.1. The topological polar surface area (TPSA) is 47.6 Å². The lowest BCUT2D eigenvalue weighted by Crippen LogP contribution is -2.25. The summed E-state index contributed by atoms with van der Waals surface area (Å²) in [4.78, 5) is 12.3. The Morgan fingerprint density at radius 1 is 1.25 bits per heavy atom. The molecule has 0 spiro atoms. The molecule has 2 rings (SSSR count). The van der Waals surface area contributed by atoms with Crippen molar-refractivity contribution in [2.75, 3.05) is 20.3 Å². The summed E-state index contributed by atoms with van der Waals surface area (Å²) >= 11 is 3.40. The van der Waals surface area contributed by atoms with Gasteiger partial charge >= 0.3 is 0 Å². The molecule has 0 aliphatic carbocycles.